The summed E-state index contributed by atoms with van der Waals surface area (Å²) in [5.41, 5.74) is 1.84. The van der Waals surface area contributed by atoms with Crippen molar-refractivity contribution in [1.29, 1.82) is 0 Å². The third kappa shape index (κ3) is 2.13. The predicted molar refractivity (Wildman–Crippen MR) is 80.5 cm³/mol. The Balaban J connectivity index is 1.57. The van der Waals surface area contributed by atoms with E-state index < -0.39 is 0 Å². The van der Waals surface area contributed by atoms with Crippen LogP contribution in [0.4, 0.5) is 0 Å². The average Bonchev–Trinajstić information content (AvgIpc) is 3.12. The number of aryl methyl sites for hydroxylation is 1. The van der Waals surface area contributed by atoms with Crippen molar-refractivity contribution < 1.29 is 4.74 Å². The molecule has 1 aromatic heterocycles. The van der Waals surface area contributed by atoms with Gasteiger partial charge in [-0.3, -0.25) is 0 Å². The number of rotatable bonds is 4. The number of aromatic nitrogens is 3. The van der Waals surface area contributed by atoms with Crippen LogP contribution in [0.5, 0.6) is 5.75 Å². The van der Waals surface area contributed by atoms with E-state index in [0.29, 0.717) is 11.3 Å². The van der Waals surface area contributed by atoms with E-state index in [0.717, 1.165) is 18.1 Å². The van der Waals surface area contributed by atoms with Crippen LogP contribution in [0.25, 0.3) is 0 Å². The van der Waals surface area contributed by atoms with E-state index in [1.165, 1.54) is 37.1 Å². The molecule has 110 valence electrons. The van der Waals surface area contributed by atoms with E-state index in [9.17, 15) is 0 Å². The van der Waals surface area contributed by atoms with Crippen molar-refractivity contribution in [3.05, 3.63) is 41.5 Å². The molecule has 0 bridgehead atoms. The zero-order chi connectivity index (χ0) is 14.4. The van der Waals surface area contributed by atoms with Crippen molar-refractivity contribution in [2.75, 3.05) is 7.11 Å². The Morgan fingerprint density at radius 2 is 2.05 bits per heavy atom. The second-order valence-corrected chi connectivity index (χ2v) is 6.50. The maximum Gasteiger partial charge on any atom is 0.147 e. The standard InChI is InChI=1S/C17H21N3O/c1-12-18-16(15-10-17(15)8-3-9-17)20(19-12)11-13-4-6-14(21-2)7-5-13/h4-7,15H,3,8-11H2,1-2H3/t15-/m1/s1. The van der Waals surface area contributed by atoms with E-state index in [4.69, 9.17) is 9.72 Å². The number of methoxy groups -OCH3 is 1. The lowest BCUT2D eigenvalue weighted by Gasteiger charge is -2.26. The molecule has 0 N–H and O–H groups in total. The zero-order valence-corrected chi connectivity index (χ0v) is 12.7. The van der Waals surface area contributed by atoms with Gasteiger partial charge in [0.15, 0.2) is 0 Å². The van der Waals surface area contributed by atoms with Crippen molar-refractivity contribution in [1.82, 2.24) is 14.8 Å². The van der Waals surface area contributed by atoms with Gasteiger partial charge in [-0.05, 0) is 49.3 Å². The van der Waals surface area contributed by atoms with Crippen LogP contribution in [0, 0.1) is 12.3 Å². The van der Waals surface area contributed by atoms with Gasteiger partial charge in [0.2, 0.25) is 0 Å². The molecule has 2 aliphatic rings. The Kier molecular flexibility index (Phi) is 2.81. The molecule has 4 nitrogen and oxygen atoms in total. The van der Waals surface area contributed by atoms with Crippen LogP contribution < -0.4 is 4.74 Å². The summed E-state index contributed by atoms with van der Waals surface area (Å²) >= 11 is 0. The Hall–Kier alpha value is -1.84. The Bertz CT molecular complexity index is 655. The van der Waals surface area contributed by atoms with Crippen molar-refractivity contribution in [2.45, 2.75) is 45.1 Å². The summed E-state index contributed by atoms with van der Waals surface area (Å²) in [4.78, 5) is 4.71. The number of hydrogen-bond acceptors (Lipinski definition) is 3. The molecule has 0 unspecified atom stereocenters. The number of hydrogen-bond donors (Lipinski definition) is 0. The molecular weight excluding hydrogens is 262 g/mol. The molecule has 0 amide bonds. The van der Waals surface area contributed by atoms with Gasteiger partial charge in [-0.1, -0.05) is 18.6 Å². The highest BCUT2D eigenvalue weighted by Crippen LogP contribution is 2.69. The molecule has 2 aliphatic carbocycles. The summed E-state index contributed by atoms with van der Waals surface area (Å²) in [6.45, 7) is 2.79. The van der Waals surface area contributed by atoms with Gasteiger partial charge in [0.1, 0.15) is 17.4 Å². The van der Waals surface area contributed by atoms with Crippen LogP contribution in [-0.2, 0) is 6.54 Å². The van der Waals surface area contributed by atoms with Gasteiger partial charge in [0.25, 0.3) is 0 Å². The van der Waals surface area contributed by atoms with Crippen LogP contribution in [0.3, 0.4) is 0 Å². The highest BCUT2D eigenvalue weighted by Gasteiger charge is 2.59. The summed E-state index contributed by atoms with van der Waals surface area (Å²) in [5, 5.41) is 4.61. The van der Waals surface area contributed by atoms with Crippen LogP contribution in [0.1, 0.15) is 48.8 Å². The SMILES string of the molecule is COc1ccc(Cn2nc(C)nc2[C@H]2CC23CCC3)cc1. The average molecular weight is 283 g/mol. The van der Waals surface area contributed by atoms with E-state index in [-0.39, 0.29) is 0 Å². The van der Waals surface area contributed by atoms with Gasteiger partial charge in [-0.2, -0.15) is 5.10 Å². The first kappa shape index (κ1) is 12.9. The van der Waals surface area contributed by atoms with Gasteiger partial charge < -0.3 is 4.74 Å². The van der Waals surface area contributed by atoms with Crippen LogP contribution in [0.2, 0.25) is 0 Å². The third-order valence-corrected chi connectivity index (χ3v) is 5.15. The minimum atomic E-state index is 0.594. The molecule has 4 heteroatoms. The fraction of sp³-hybridized carbons (Fsp3) is 0.529. The number of ether oxygens (including phenoxy) is 1. The Morgan fingerprint density at radius 1 is 1.29 bits per heavy atom. The maximum absolute atomic E-state index is 5.21. The predicted octanol–water partition coefficient (Wildman–Crippen LogP) is 3.30. The topological polar surface area (TPSA) is 39.9 Å². The van der Waals surface area contributed by atoms with Gasteiger partial charge >= 0.3 is 0 Å². The van der Waals surface area contributed by atoms with Gasteiger partial charge in [-0.25, -0.2) is 9.67 Å². The molecule has 1 heterocycles. The first-order valence-corrected chi connectivity index (χ1v) is 7.74. The minimum absolute atomic E-state index is 0.594. The van der Waals surface area contributed by atoms with Crippen molar-refractivity contribution in [3.63, 3.8) is 0 Å². The Labute approximate surface area is 125 Å². The fourth-order valence-electron chi connectivity index (χ4n) is 3.65. The molecule has 1 spiro atoms. The van der Waals surface area contributed by atoms with Crippen molar-refractivity contribution in [3.8, 4) is 5.75 Å². The van der Waals surface area contributed by atoms with Crippen LogP contribution >= 0.6 is 0 Å². The summed E-state index contributed by atoms with van der Waals surface area (Å²) in [6, 6.07) is 8.21. The van der Waals surface area contributed by atoms with E-state index in [1.54, 1.807) is 7.11 Å². The first-order chi connectivity index (χ1) is 10.2. The normalized spacial score (nSPS) is 22.1. The molecular formula is C17H21N3O. The summed E-state index contributed by atoms with van der Waals surface area (Å²) in [5.74, 6) is 3.62. The maximum atomic E-state index is 5.21. The lowest BCUT2D eigenvalue weighted by Crippen LogP contribution is -2.16. The number of nitrogens with zero attached hydrogens (tertiary/aromatic N) is 3. The van der Waals surface area contributed by atoms with E-state index >= 15 is 0 Å². The smallest absolute Gasteiger partial charge is 0.147 e. The lowest BCUT2D eigenvalue weighted by molar-refractivity contribution is 0.273. The molecule has 2 saturated carbocycles. The monoisotopic (exact) mass is 283 g/mol. The lowest BCUT2D eigenvalue weighted by atomic mass is 9.79. The van der Waals surface area contributed by atoms with Gasteiger partial charge in [0.05, 0.1) is 13.7 Å². The summed E-state index contributed by atoms with van der Waals surface area (Å²) in [6.07, 6.45) is 5.47. The largest absolute Gasteiger partial charge is 0.497 e. The molecule has 0 aliphatic heterocycles. The van der Waals surface area contributed by atoms with E-state index in [2.05, 4.69) is 21.9 Å². The van der Waals surface area contributed by atoms with Crippen molar-refractivity contribution in [2.24, 2.45) is 5.41 Å². The summed E-state index contributed by atoms with van der Waals surface area (Å²) in [7, 11) is 1.69. The minimum Gasteiger partial charge on any atom is -0.497 e. The molecule has 1 aromatic carbocycles. The van der Waals surface area contributed by atoms with Crippen LogP contribution in [-0.4, -0.2) is 21.9 Å². The Morgan fingerprint density at radius 3 is 2.62 bits per heavy atom. The quantitative estimate of drug-likeness (QED) is 0.864. The molecule has 21 heavy (non-hydrogen) atoms. The van der Waals surface area contributed by atoms with Crippen molar-refractivity contribution >= 4 is 0 Å². The molecule has 0 saturated heterocycles. The molecule has 2 fully saturated rings. The highest BCUT2D eigenvalue weighted by atomic mass is 16.5. The van der Waals surface area contributed by atoms with Gasteiger partial charge in [-0.15, -0.1) is 0 Å². The number of benzene rings is 1. The summed E-state index contributed by atoms with van der Waals surface area (Å²) < 4.78 is 7.32. The van der Waals surface area contributed by atoms with E-state index in [1.807, 2.05) is 19.1 Å². The first-order valence-electron chi connectivity index (χ1n) is 7.74. The second-order valence-electron chi connectivity index (χ2n) is 6.50. The molecule has 4 rings (SSSR count). The third-order valence-electron chi connectivity index (χ3n) is 5.15. The second kappa shape index (κ2) is 4.58. The molecule has 0 radical (unpaired) electrons. The fourth-order valence-corrected chi connectivity index (χ4v) is 3.65. The van der Waals surface area contributed by atoms with Crippen LogP contribution in [0.15, 0.2) is 24.3 Å². The zero-order valence-electron chi connectivity index (χ0n) is 12.7. The van der Waals surface area contributed by atoms with Gasteiger partial charge in [0, 0.05) is 5.92 Å². The molecule has 2 aromatic rings. The highest BCUT2D eigenvalue weighted by molar-refractivity contribution is 5.28. The molecule has 1 atom stereocenters.